The van der Waals surface area contributed by atoms with Crippen LogP contribution in [-0.2, 0) is 17.5 Å². The van der Waals surface area contributed by atoms with Crippen molar-refractivity contribution in [1.29, 1.82) is 0 Å². The summed E-state index contributed by atoms with van der Waals surface area (Å²) in [5.74, 6) is 0.145. The zero-order valence-electron chi connectivity index (χ0n) is 16.5. The number of carbonyl (C=O) groups excluding carboxylic acids is 1. The Kier molecular flexibility index (Phi) is 7.20. The van der Waals surface area contributed by atoms with Crippen molar-refractivity contribution in [2.24, 2.45) is 0 Å². The minimum atomic E-state index is -4.55. The van der Waals surface area contributed by atoms with Crippen LogP contribution in [0.2, 0.25) is 5.02 Å². The number of rotatable bonds is 7. The molecule has 0 bridgehead atoms. The molecule has 0 aliphatic heterocycles. The third kappa shape index (κ3) is 5.99. The normalized spacial score (nSPS) is 12.3. The molecule has 0 saturated heterocycles. The summed E-state index contributed by atoms with van der Waals surface area (Å²) < 4.78 is 44.4. The number of nitrogens with one attached hydrogen (secondary N) is 2. The third-order valence-electron chi connectivity index (χ3n) is 4.59. The van der Waals surface area contributed by atoms with Crippen molar-refractivity contribution >= 4 is 23.2 Å². The molecule has 4 nitrogen and oxygen atoms in total. The van der Waals surface area contributed by atoms with Crippen LogP contribution in [0.4, 0.5) is 18.9 Å². The van der Waals surface area contributed by atoms with E-state index in [-0.39, 0.29) is 10.7 Å². The Hall–Kier alpha value is -3.03. The lowest BCUT2D eigenvalue weighted by Gasteiger charge is -2.20. The predicted molar refractivity (Wildman–Crippen MR) is 114 cm³/mol. The molecule has 0 aliphatic rings. The number of benzene rings is 3. The van der Waals surface area contributed by atoms with Crippen LogP contribution >= 0.6 is 11.6 Å². The molecule has 3 aromatic carbocycles. The summed E-state index contributed by atoms with van der Waals surface area (Å²) in [7, 11) is 1.56. The first kappa shape index (κ1) is 22.7. The van der Waals surface area contributed by atoms with Crippen molar-refractivity contribution in [2.75, 3.05) is 12.4 Å². The number of anilines is 1. The van der Waals surface area contributed by atoms with Gasteiger partial charge in [0.2, 0.25) is 5.91 Å². The monoisotopic (exact) mass is 448 g/mol. The lowest BCUT2D eigenvalue weighted by atomic mass is 10.0. The summed E-state index contributed by atoms with van der Waals surface area (Å²) in [6, 6.07) is 18.2. The molecule has 0 heterocycles. The van der Waals surface area contributed by atoms with Crippen LogP contribution in [0.15, 0.2) is 72.8 Å². The molecule has 0 unspecified atom stereocenters. The average Bonchev–Trinajstić information content (AvgIpc) is 2.75. The molecule has 1 amide bonds. The number of methoxy groups -OCH3 is 1. The first-order valence-corrected chi connectivity index (χ1v) is 9.74. The fraction of sp³-hybridized carbons (Fsp3) is 0.174. The minimum Gasteiger partial charge on any atom is -0.497 e. The molecule has 0 aromatic heterocycles. The van der Waals surface area contributed by atoms with Gasteiger partial charge in [-0.25, -0.2) is 0 Å². The Bertz CT molecular complexity index is 1040. The predicted octanol–water partition coefficient (Wildman–Crippen LogP) is 5.84. The van der Waals surface area contributed by atoms with Crippen molar-refractivity contribution in [1.82, 2.24) is 5.32 Å². The SMILES string of the molecule is COc1cccc(CN[C@@H](C(=O)Nc2cc(C(F)(F)F)ccc2Cl)c2ccccc2)c1. The Morgan fingerprint density at radius 2 is 1.77 bits per heavy atom. The zero-order chi connectivity index (χ0) is 22.4. The summed E-state index contributed by atoms with van der Waals surface area (Å²) in [5.41, 5.74) is 0.537. The molecule has 162 valence electrons. The van der Waals surface area contributed by atoms with Gasteiger partial charge in [0, 0.05) is 6.54 Å². The molecule has 3 rings (SSSR count). The molecule has 0 fully saturated rings. The number of ether oxygens (including phenoxy) is 1. The molecule has 8 heteroatoms. The van der Waals surface area contributed by atoms with Crippen molar-refractivity contribution in [3.05, 3.63) is 94.5 Å². The molecular weight excluding hydrogens is 429 g/mol. The molecule has 0 radical (unpaired) electrons. The second-order valence-corrected chi connectivity index (χ2v) is 7.16. The molecule has 0 aliphatic carbocycles. The Balaban J connectivity index is 1.83. The van der Waals surface area contributed by atoms with Crippen molar-refractivity contribution < 1.29 is 22.7 Å². The van der Waals surface area contributed by atoms with E-state index in [0.717, 1.165) is 23.8 Å². The minimum absolute atomic E-state index is 0.0148. The summed E-state index contributed by atoms with van der Waals surface area (Å²) in [6.07, 6.45) is -4.55. The summed E-state index contributed by atoms with van der Waals surface area (Å²) in [6.45, 7) is 0.334. The van der Waals surface area contributed by atoms with Crippen molar-refractivity contribution in [3.8, 4) is 5.75 Å². The fourth-order valence-corrected chi connectivity index (χ4v) is 3.18. The van der Waals surface area contributed by atoms with Gasteiger partial charge in [0.15, 0.2) is 0 Å². The van der Waals surface area contributed by atoms with Gasteiger partial charge in [-0.2, -0.15) is 13.2 Å². The number of amides is 1. The van der Waals surface area contributed by atoms with Gasteiger partial charge in [-0.05, 0) is 41.5 Å². The molecule has 31 heavy (non-hydrogen) atoms. The molecular formula is C23H20ClF3N2O2. The Labute approximate surface area is 183 Å². The Morgan fingerprint density at radius 3 is 2.45 bits per heavy atom. The quantitative estimate of drug-likeness (QED) is 0.477. The van der Waals surface area contributed by atoms with Gasteiger partial charge in [0.05, 0.1) is 23.4 Å². The van der Waals surface area contributed by atoms with E-state index in [1.165, 1.54) is 0 Å². The topological polar surface area (TPSA) is 50.4 Å². The van der Waals surface area contributed by atoms with E-state index in [1.807, 2.05) is 24.3 Å². The van der Waals surface area contributed by atoms with Gasteiger partial charge in [-0.1, -0.05) is 54.1 Å². The smallest absolute Gasteiger partial charge is 0.416 e. The lowest BCUT2D eigenvalue weighted by Crippen LogP contribution is -2.33. The van der Waals surface area contributed by atoms with E-state index in [0.29, 0.717) is 17.9 Å². The van der Waals surface area contributed by atoms with Crippen LogP contribution < -0.4 is 15.4 Å². The average molecular weight is 449 g/mol. The van der Waals surface area contributed by atoms with E-state index in [1.54, 1.807) is 37.4 Å². The molecule has 3 aromatic rings. The first-order valence-electron chi connectivity index (χ1n) is 9.37. The number of alkyl halides is 3. The Morgan fingerprint density at radius 1 is 1.03 bits per heavy atom. The largest absolute Gasteiger partial charge is 0.497 e. The van der Waals surface area contributed by atoms with Gasteiger partial charge in [-0.3, -0.25) is 10.1 Å². The molecule has 0 saturated carbocycles. The standard InChI is InChI=1S/C23H20ClF3N2O2/c1-31-18-9-5-6-15(12-18)14-28-21(16-7-3-2-4-8-16)22(30)29-20-13-17(23(25,26)27)10-11-19(20)24/h2-13,21,28H,14H2,1H3,(H,29,30)/t21-/m1/s1. The van der Waals surface area contributed by atoms with Gasteiger partial charge in [-0.15, -0.1) is 0 Å². The second kappa shape index (κ2) is 9.85. The highest BCUT2D eigenvalue weighted by molar-refractivity contribution is 6.33. The number of hydrogen-bond donors (Lipinski definition) is 2. The summed E-state index contributed by atoms with van der Waals surface area (Å²) >= 11 is 6.03. The van der Waals surface area contributed by atoms with E-state index in [4.69, 9.17) is 16.3 Å². The van der Waals surface area contributed by atoms with E-state index < -0.39 is 23.7 Å². The maximum Gasteiger partial charge on any atom is 0.416 e. The fourth-order valence-electron chi connectivity index (χ4n) is 3.01. The van der Waals surface area contributed by atoms with Crippen LogP contribution in [0.25, 0.3) is 0 Å². The lowest BCUT2D eigenvalue weighted by molar-refractivity contribution is -0.137. The van der Waals surface area contributed by atoms with Crippen molar-refractivity contribution in [2.45, 2.75) is 18.8 Å². The maximum absolute atomic E-state index is 13.1. The molecule has 1 atom stereocenters. The number of hydrogen-bond acceptors (Lipinski definition) is 3. The summed E-state index contributed by atoms with van der Waals surface area (Å²) in [5, 5.41) is 5.69. The first-order chi connectivity index (χ1) is 14.8. The van der Waals surface area contributed by atoms with E-state index >= 15 is 0 Å². The van der Waals surface area contributed by atoms with Crippen LogP contribution in [0, 0.1) is 0 Å². The summed E-state index contributed by atoms with van der Waals surface area (Å²) in [4.78, 5) is 13.0. The van der Waals surface area contributed by atoms with Crippen LogP contribution in [0.1, 0.15) is 22.7 Å². The van der Waals surface area contributed by atoms with Gasteiger partial charge < -0.3 is 10.1 Å². The van der Waals surface area contributed by atoms with Crippen LogP contribution in [-0.4, -0.2) is 13.0 Å². The number of carbonyl (C=O) groups is 1. The van der Waals surface area contributed by atoms with E-state index in [2.05, 4.69) is 10.6 Å². The number of halogens is 4. The highest BCUT2D eigenvalue weighted by Crippen LogP contribution is 2.34. The van der Waals surface area contributed by atoms with E-state index in [9.17, 15) is 18.0 Å². The van der Waals surface area contributed by atoms with Gasteiger partial charge >= 0.3 is 6.18 Å². The molecule has 0 spiro atoms. The maximum atomic E-state index is 13.1. The van der Waals surface area contributed by atoms with Crippen LogP contribution in [0.3, 0.4) is 0 Å². The second-order valence-electron chi connectivity index (χ2n) is 6.76. The molecule has 2 N–H and O–H groups in total. The zero-order valence-corrected chi connectivity index (χ0v) is 17.3. The van der Waals surface area contributed by atoms with Crippen LogP contribution in [0.5, 0.6) is 5.75 Å². The highest BCUT2D eigenvalue weighted by Gasteiger charge is 2.31. The van der Waals surface area contributed by atoms with Crippen molar-refractivity contribution in [3.63, 3.8) is 0 Å². The van der Waals surface area contributed by atoms with Gasteiger partial charge in [0.25, 0.3) is 0 Å². The highest BCUT2D eigenvalue weighted by atomic mass is 35.5. The van der Waals surface area contributed by atoms with Gasteiger partial charge in [0.1, 0.15) is 11.8 Å². The third-order valence-corrected chi connectivity index (χ3v) is 4.92.